The van der Waals surface area contributed by atoms with Gasteiger partial charge in [0.2, 0.25) is 5.78 Å². The van der Waals surface area contributed by atoms with Gasteiger partial charge in [0.15, 0.2) is 0 Å². The van der Waals surface area contributed by atoms with Gasteiger partial charge >= 0.3 is 5.97 Å². The summed E-state index contributed by atoms with van der Waals surface area (Å²) >= 11 is 0. The van der Waals surface area contributed by atoms with Gasteiger partial charge in [0.25, 0.3) is 0 Å². The number of hydrogen-bond donors (Lipinski definition) is 2. The molecule has 3 aromatic rings. The summed E-state index contributed by atoms with van der Waals surface area (Å²) < 4.78 is 5.78. The molecule has 0 fully saturated rings. The van der Waals surface area contributed by atoms with E-state index in [1.807, 2.05) is 30.3 Å². The Kier molecular flexibility index (Phi) is 4.94. The Morgan fingerprint density at radius 1 is 1.04 bits per heavy atom. The van der Waals surface area contributed by atoms with E-state index in [-0.39, 0.29) is 16.9 Å². The summed E-state index contributed by atoms with van der Waals surface area (Å²) in [5, 5.41) is 8.98. The van der Waals surface area contributed by atoms with Crippen molar-refractivity contribution in [2.45, 2.75) is 6.61 Å². The third kappa shape index (κ3) is 3.70. The van der Waals surface area contributed by atoms with E-state index in [2.05, 4.69) is 4.98 Å². The van der Waals surface area contributed by atoms with E-state index < -0.39 is 11.8 Å². The number of aromatic nitrogens is 1. The molecule has 1 aromatic heterocycles. The summed E-state index contributed by atoms with van der Waals surface area (Å²) in [5.74, 6) is -1.18. The summed E-state index contributed by atoms with van der Waals surface area (Å²) in [6.07, 6.45) is 1.11. The third-order valence-corrected chi connectivity index (χ3v) is 3.75. The Bertz CT molecular complexity index is 955. The van der Waals surface area contributed by atoms with E-state index in [0.29, 0.717) is 17.9 Å². The van der Waals surface area contributed by atoms with Crippen LogP contribution in [0.1, 0.15) is 32.0 Å². The Morgan fingerprint density at radius 2 is 1.73 bits per heavy atom. The van der Waals surface area contributed by atoms with Crippen LogP contribution in [0.3, 0.4) is 0 Å². The second-order valence-corrected chi connectivity index (χ2v) is 5.57. The van der Waals surface area contributed by atoms with Gasteiger partial charge in [-0.2, -0.15) is 0 Å². The van der Waals surface area contributed by atoms with Gasteiger partial charge < -0.3 is 15.6 Å². The topological polar surface area (TPSA) is 103 Å². The first-order valence-corrected chi connectivity index (χ1v) is 7.85. The van der Waals surface area contributed by atoms with Crippen LogP contribution in [0.4, 0.5) is 5.69 Å². The number of aromatic carboxylic acids is 1. The molecule has 2 aromatic carbocycles. The first-order chi connectivity index (χ1) is 12.6. The van der Waals surface area contributed by atoms with Crippen LogP contribution in [0.5, 0.6) is 5.75 Å². The largest absolute Gasteiger partial charge is 0.488 e. The Hall–Kier alpha value is -3.67. The lowest BCUT2D eigenvalue weighted by Gasteiger charge is -2.11. The lowest BCUT2D eigenvalue weighted by molar-refractivity contribution is 0.0696. The van der Waals surface area contributed by atoms with Gasteiger partial charge in [0.05, 0.1) is 16.8 Å². The summed E-state index contributed by atoms with van der Waals surface area (Å²) in [5.41, 5.74) is 7.03. The number of ketones is 1. The van der Waals surface area contributed by atoms with E-state index in [9.17, 15) is 9.59 Å². The molecule has 0 radical (unpaired) electrons. The Labute approximate surface area is 149 Å². The third-order valence-electron chi connectivity index (χ3n) is 3.75. The average Bonchev–Trinajstić information content (AvgIpc) is 2.66. The van der Waals surface area contributed by atoms with Crippen LogP contribution < -0.4 is 10.5 Å². The van der Waals surface area contributed by atoms with Gasteiger partial charge in [-0.1, -0.05) is 42.5 Å². The van der Waals surface area contributed by atoms with Gasteiger partial charge in [0.1, 0.15) is 18.1 Å². The molecule has 0 spiro atoms. The summed E-state index contributed by atoms with van der Waals surface area (Å²) in [7, 11) is 0. The number of para-hydroxylation sites is 1. The number of rotatable bonds is 6. The number of ether oxygens (including phenoxy) is 1. The highest BCUT2D eigenvalue weighted by molar-refractivity contribution is 6.12. The number of pyridine rings is 1. The highest BCUT2D eigenvalue weighted by atomic mass is 16.5. The van der Waals surface area contributed by atoms with Crippen molar-refractivity contribution in [3.8, 4) is 5.75 Å². The van der Waals surface area contributed by atoms with Crippen molar-refractivity contribution in [1.82, 2.24) is 4.98 Å². The quantitative estimate of drug-likeness (QED) is 0.663. The molecule has 0 amide bonds. The van der Waals surface area contributed by atoms with Crippen molar-refractivity contribution in [2.75, 3.05) is 5.73 Å². The smallest absolute Gasteiger partial charge is 0.337 e. The number of carboxylic acid groups (broad SMARTS) is 1. The number of nitrogens with zero attached hydrogens (tertiary/aromatic N) is 1. The number of nitrogens with two attached hydrogens (primary N) is 1. The van der Waals surface area contributed by atoms with Crippen molar-refractivity contribution in [2.24, 2.45) is 0 Å². The molecule has 0 saturated carbocycles. The molecular formula is C20H16N2O4. The Balaban J connectivity index is 1.87. The first kappa shape index (κ1) is 17.2. The SMILES string of the molecule is Nc1cc(C(=O)O)cnc1C(=O)c1ccccc1OCc1ccccc1. The molecule has 6 heteroatoms. The number of carboxylic acids is 1. The van der Waals surface area contributed by atoms with Crippen molar-refractivity contribution < 1.29 is 19.4 Å². The fraction of sp³-hybridized carbons (Fsp3) is 0.0500. The number of anilines is 1. The highest BCUT2D eigenvalue weighted by Crippen LogP contribution is 2.24. The fourth-order valence-electron chi connectivity index (χ4n) is 2.43. The van der Waals surface area contributed by atoms with Crippen LogP contribution in [0.2, 0.25) is 0 Å². The number of carbonyl (C=O) groups excluding carboxylic acids is 1. The number of benzene rings is 2. The molecule has 0 aliphatic carbocycles. The minimum atomic E-state index is -1.16. The molecule has 3 N–H and O–H groups in total. The molecule has 6 nitrogen and oxygen atoms in total. The van der Waals surface area contributed by atoms with Crippen molar-refractivity contribution in [3.05, 3.63) is 89.2 Å². The van der Waals surface area contributed by atoms with Crippen molar-refractivity contribution in [1.29, 1.82) is 0 Å². The normalized spacial score (nSPS) is 10.3. The van der Waals surface area contributed by atoms with Crippen LogP contribution in [-0.4, -0.2) is 21.8 Å². The van der Waals surface area contributed by atoms with E-state index in [1.54, 1.807) is 24.3 Å². The zero-order valence-corrected chi connectivity index (χ0v) is 13.8. The Morgan fingerprint density at radius 3 is 2.42 bits per heavy atom. The number of hydrogen-bond acceptors (Lipinski definition) is 5. The first-order valence-electron chi connectivity index (χ1n) is 7.85. The lowest BCUT2D eigenvalue weighted by Crippen LogP contribution is -2.11. The molecule has 130 valence electrons. The van der Waals surface area contributed by atoms with E-state index >= 15 is 0 Å². The molecule has 0 bridgehead atoms. The van der Waals surface area contributed by atoms with E-state index in [1.165, 1.54) is 6.07 Å². The van der Waals surface area contributed by atoms with Crippen LogP contribution >= 0.6 is 0 Å². The molecule has 0 aliphatic heterocycles. The molecule has 0 aliphatic rings. The zero-order chi connectivity index (χ0) is 18.5. The van der Waals surface area contributed by atoms with Gasteiger partial charge in [0, 0.05) is 6.20 Å². The summed E-state index contributed by atoms with van der Waals surface area (Å²) in [6, 6.07) is 17.6. The highest BCUT2D eigenvalue weighted by Gasteiger charge is 2.19. The molecular weight excluding hydrogens is 332 g/mol. The van der Waals surface area contributed by atoms with E-state index in [4.69, 9.17) is 15.6 Å². The van der Waals surface area contributed by atoms with Gasteiger partial charge in [-0.3, -0.25) is 4.79 Å². The monoisotopic (exact) mass is 348 g/mol. The number of nitrogen functional groups attached to an aromatic ring is 1. The standard InChI is InChI=1S/C20H16N2O4/c21-16-10-14(20(24)25)11-22-18(16)19(23)15-8-4-5-9-17(15)26-12-13-6-2-1-3-7-13/h1-11H,12,21H2,(H,24,25). The molecule has 0 saturated heterocycles. The molecule has 0 atom stereocenters. The van der Waals surface area contributed by atoms with Crippen LogP contribution in [0.15, 0.2) is 66.9 Å². The minimum Gasteiger partial charge on any atom is -0.488 e. The van der Waals surface area contributed by atoms with Crippen LogP contribution in [-0.2, 0) is 6.61 Å². The average molecular weight is 348 g/mol. The summed E-state index contributed by atoms with van der Waals surface area (Å²) in [4.78, 5) is 27.7. The predicted molar refractivity (Wildman–Crippen MR) is 96.3 cm³/mol. The van der Waals surface area contributed by atoms with Crippen molar-refractivity contribution >= 4 is 17.4 Å². The van der Waals surface area contributed by atoms with Crippen molar-refractivity contribution in [3.63, 3.8) is 0 Å². The lowest BCUT2D eigenvalue weighted by atomic mass is 10.0. The maximum atomic E-state index is 12.8. The van der Waals surface area contributed by atoms with Gasteiger partial charge in [-0.15, -0.1) is 0 Å². The molecule has 1 heterocycles. The fourth-order valence-corrected chi connectivity index (χ4v) is 2.43. The molecule has 0 unspecified atom stereocenters. The van der Waals surface area contributed by atoms with Crippen LogP contribution in [0, 0.1) is 0 Å². The van der Waals surface area contributed by atoms with E-state index in [0.717, 1.165) is 11.8 Å². The maximum Gasteiger partial charge on any atom is 0.337 e. The predicted octanol–water partition coefficient (Wildman–Crippen LogP) is 3.17. The minimum absolute atomic E-state index is 0.00719. The maximum absolute atomic E-state index is 12.8. The summed E-state index contributed by atoms with van der Waals surface area (Å²) in [6.45, 7) is 0.312. The molecule has 3 rings (SSSR count). The number of carbonyl (C=O) groups is 2. The van der Waals surface area contributed by atoms with Crippen LogP contribution in [0.25, 0.3) is 0 Å². The van der Waals surface area contributed by atoms with Gasteiger partial charge in [-0.05, 0) is 23.8 Å². The second-order valence-electron chi connectivity index (χ2n) is 5.57. The molecule has 26 heavy (non-hydrogen) atoms. The zero-order valence-electron chi connectivity index (χ0n) is 13.8. The second kappa shape index (κ2) is 7.48. The van der Waals surface area contributed by atoms with Gasteiger partial charge in [-0.25, -0.2) is 9.78 Å².